The van der Waals surface area contributed by atoms with Crippen molar-refractivity contribution in [1.29, 1.82) is 0 Å². The van der Waals surface area contributed by atoms with Crippen LogP contribution in [0, 0.1) is 5.41 Å². The summed E-state index contributed by atoms with van der Waals surface area (Å²) in [4.78, 5) is 22.5. The molecule has 6 heteroatoms. The maximum absolute atomic E-state index is 11.4. The van der Waals surface area contributed by atoms with E-state index in [1.807, 2.05) is 6.92 Å². The summed E-state index contributed by atoms with van der Waals surface area (Å²) in [7, 11) is 0. The lowest BCUT2D eigenvalue weighted by Gasteiger charge is -2.37. The highest BCUT2D eigenvalue weighted by atomic mass is 16.5. The third-order valence-electron chi connectivity index (χ3n) is 3.31. The summed E-state index contributed by atoms with van der Waals surface area (Å²) in [6.45, 7) is 3.96. The van der Waals surface area contributed by atoms with Crippen LogP contribution < -0.4 is 10.6 Å². The van der Waals surface area contributed by atoms with Gasteiger partial charge in [0.25, 0.3) is 0 Å². The van der Waals surface area contributed by atoms with Gasteiger partial charge in [0.15, 0.2) is 0 Å². The summed E-state index contributed by atoms with van der Waals surface area (Å²) in [5.74, 6) is -0.814. The van der Waals surface area contributed by atoms with Crippen molar-refractivity contribution in [2.75, 3.05) is 26.3 Å². The Labute approximate surface area is 107 Å². The number of carbonyl (C=O) groups is 2. The minimum atomic E-state index is -0.814. The average Bonchev–Trinajstić information content (AvgIpc) is 2.27. The lowest BCUT2D eigenvalue weighted by molar-refractivity contribution is -0.153. The Morgan fingerprint density at radius 1 is 1.33 bits per heavy atom. The molecule has 1 saturated carbocycles. The van der Waals surface area contributed by atoms with E-state index in [4.69, 9.17) is 9.84 Å². The molecule has 0 aliphatic heterocycles. The van der Waals surface area contributed by atoms with Gasteiger partial charge in [0.05, 0.1) is 5.41 Å². The Hall–Kier alpha value is -1.30. The Morgan fingerprint density at radius 2 is 2.06 bits per heavy atom. The minimum absolute atomic E-state index is 0.208. The van der Waals surface area contributed by atoms with Crippen molar-refractivity contribution < 1.29 is 19.4 Å². The van der Waals surface area contributed by atoms with Crippen LogP contribution in [0.25, 0.3) is 0 Å². The Balaban J connectivity index is 2.11. The normalized spacial score (nSPS) is 16.7. The van der Waals surface area contributed by atoms with E-state index < -0.39 is 11.4 Å². The quantitative estimate of drug-likeness (QED) is 0.566. The summed E-state index contributed by atoms with van der Waals surface area (Å²) >= 11 is 0. The molecule has 1 rings (SSSR count). The third kappa shape index (κ3) is 4.18. The highest BCUT2D eigenvalue weighted by Crippen LogP contribution is 2.40. The second-order valence-electron chi connectivity index (χ2n) is 4.60. The smallest absolute Gasteiger partial charge is 0.314 e. The highest BCUT2D eigenvalue weighted by Gasteiger charge is 2.44. The number of carboxylic acids is 1. The SMILES string of the molecule is CCOCCCNC(=O)NCC1(C(=O)O)CCC1. The van der Waals surface area contributed by atoms with Gasteiger partial charge < -0.3 is 20.5 Å². The number of carbonyl (C=O) groups excluding carboxylic acids is 1. The van der Waals surface area contributed by atoms with Crippen LogP contribution in [-0.2, 0) is 9.53 Å². The predicted octanol–water partition coefficient (Wildman–Crippen LogP) is 0.967. The predicted molar refractivity (Wildman–Crippen MR) is 66.4 cm³/mol. The van der Waals surface area contributed by atoms with Crippen molar-refractivity contribution in [2.45, 2.75) is 32.6 Å². The van der Waals surface area contributed by atoms with Crippen molar-refractivity contribution in [1.82, 2.24) is 10.6 Å². The molecule has 0 aromatic rings. The van der Waals surface area contributed by atoms with Gasteiger partial charge in [-0.05, 0) is 26.2 Å². The number of urea groups is 1. The Bertz CT molecular complexity index is 290. The first-order chi connectivity index (χ1) is 8.60. The van der Waals surface area contributed by atoms with Crippen LogP contribution in [0.3, 0.4) is 0 Å². The van der Waals surface area contributed by atoms with E-state index in [0.717, 1.165) is 12.8 Å². The van der Waals surface area contributed by atoms with E-state index in [1.54, 1.807) is 0 Å². The van der Waals surface area contributed by atoms with Crippen LogP contribution in [0.2, 0.25) is 0 Å². The zero-order valence-electron chi connectivity index (χ0n) is 10.8. The van der Waals surface area contributed by atoms with E-state index in [-0.39, 0.29) is 12.6 Å². The summed E-state index contributed by atoms with van der Waals surface area (Å²) in [6, 6.07) is -0.306. The van der Waals surface area contributed by atoms with Crippen molar-refractivity contribution in [2.24, 2.45) is 5.41 Å². The number of aliphatic carboxylic acids is 1. The van der Waals surface area contributed by atoms with Crippen LogP contribution in [0.4, 0.5) is 4.79 Å². The molecule has 0 saturated heterocycles. The molecule has 0 radical (unpaired) electrons. The first kappa shape index (κ1) is 14.8. The monoisotopic (exact) mass is 258 g/mol. The standard InChI is InChI=1S/C12H22N2O4/c1-2-18-8-4-7-13-11(17)14-9-12(10(15)16)5-3-6-12/h2-9H2,1H3,(H,15,16)(H2,13,14,17). The molecule has 1 fully saturated rings. The van der Waals surface area contributed by atoms with Crippen LogP contribution in [-0.4, -0.2) is 43.4 Å². The number of hydrogen-bond donors (Lipinski definition) is 3. The van der Waals surface area contributed by atoms with Crippen LogP contribution in [0.5, 0.6) is 0 Å². The lowest BCUT2D eigenvalue weighted by atomic mass is 9.69. The van der Waals surface area contributed by atoms with E-state index in [9.17, 15) is 9.59 Å². The van der Waals surface area contributed by atoms with Crippen LogP contribution in [0.15, 0.2) is 0 Å². The molecule has 0 spiro atoms. The average molecular weight is 258 g/mol. The third-order valence-corrected chi connectivity index (χ3v) is 3.31. The summed E-state index contributed by atoms with van der Waals surface area (Å²) in [5, 5.41) is 14.4. The Morgan fingerprint density at radius 3 is 2.56 bits per heavy atom. The zero-order chi connectivity index (χ0) is 13.4. The second kappa shape index (κ2) is 7.20. The second-order valence-corrected chi connectivity index (χ2v) is 4.60. The summed E-state index contributed by atoms with van der Waals surface area (Å²) < 4.78 is 5.14. The van der Waals surface area contributed by atoms with Gasteiger partial charge in [0.2, 0.25) is 0 Å². The number of ether oxygens (including phenoxy) is 1. The molecule has 0 aromatic heterocycles. The first-order valence-electron chi connectivity index (χ1n) is 6.43. The molecule has 0 bridgehead atoms. The van der Waals surface area contributed by atoms with Crippen molar-refractivity contribution in [3.8, 4) is 0 Å². The van der Waals surface area contributed by atoms with Crippen molar-refractivity contribution in [3.05, 3.63) is 0 Å². The lowest BCUT2D eigenvalue weighted by Crippen LogP contribution is -2.49. The molecule has 6 nitrogen and oxygen atoms in total. The van der Waals surface area contributed by atoms with E-state index in [0.29, 0.717) is 32.6 Å². The van der Waals surface area contributed by atoms with E-state index >= 15 is 0 Å². The molecule has 1 aliphatic rings. The highest BCUT2D eigenvalue weighted by molar-refractivity contribution is 5.78. The molecule has 0 atom stereocenters. The number of rotatable bonds is 8. The van der Waals surface area contributed by atoms with Crippen molar-refractivity contribution >= 4 is 12.0 Å². The fraction of sp³-hybridized carbons (Fsp3) is 0.833. The van der Waals surface area contributed by atoms with Gasteiger partial charge in [0, 0.05) is 26.3 Å². The largest absolute Gasteiger partial charge is 0.481 e. The van der Waals surface area contributed by atoms with Gasteiger partial charge in [-0.3, -0.25) is 4.79 Å². The fourth-order valence-electron chi connectivity index (χ4n) is 1.90. The number of hydrogen-bond acceptors (Lipinski definition) is 3. The molecule has 0 unspecified atom stereocenters. The number of carboxylic acid groups (broad SMARTS) is 1. The number of nitrogens with one attached hydrogen (secondary N) is 2. The van der Waals surface area contributed by atoms with Crippen LogP contribution >= 0.6 is 0 Å². The van der Waals surface area contributed by atoms with E-state index in [2.05, 4.69) is 10.6 Å². The van der Waals surface area contributed by atoms with Gasteiger partial charge in [-0.1, -0.05) is 6.42 Å². The molecule has 3 N–H and O–H groups in total. The molecular formula is C12H22N2O4. The maximum Gasteiger partial charge on any atom is 0.314 e. The topological polar surface area (TPSA) is 87.7 Å². The maximum atomic E-state index is 11.4. The minimum Gasteiger partial charge on any atom is -0.481 e. The van der Waals surface area contributed by atoms with Crippen molar-refractivity contribution in [3.63, 3.8) is 0 Å². The summed E-state index contributed by atoms with van der Waals surface area (Å²) in [5.41, 5.74) is -0.733. The Kier molecular flexibility index (Phi) is 5.91. The molecule has 104 valence electrons. The summed E-state index contributed by atoms with van der Waals surface area (Å²) in [6.07, 6.45) is 2.97. The fourth-order valence-corrected chi connectivity index (χ4v) is 1.90. The van der Waals surface area contributed by atoms with Gasteiger partial charge in [-0.2, -0.15) is 0 Å². The first-order valence-corrected chi connectivity index (χ1v) is 6.43. The van der Waals surface area contributed by atoms with Gasteiger partial charge in [0.1, 0.15) is 0 Å². The van der Waals surface area contributed by atoms with Gasteiger partial charge in [-0.25, -0.2) is 4.79 Å². The molecule has 1 aliphatic carbocycles. The molecule has 0 heterocycles. The molecule has 2 amide bonds. The van der Waals surface area contributed by atoms with E-state index in [1.165, 1.54) is 0 Å². The van der Waals surface area contributed by atoms with Gasteiger partial charge in [-0.15, -0.1) is 0 Å². The number of amides is 2. The molecular weight excluding hydrogens is 236 g/mol. The molecule has 0 aromatic carbocycles. The van der Waals surface area contributed by atoms with Gasteiger partial charge >= 0.3 is 12.0 Å². The molecule has 18 heavy (non-hydrogen) atoms. The zero-order valence-corrected chi connectivity index (χ0v) is 10.8. The van der Waals surface area contributed by atoms with Crippen LogP contribution in [0.1, 0.15) is 32.6 Å².